The Morgan fingerprint density at radius 3 is 2.75 bits per heavy atom. The number of benzene rings is 1. The van der Waals surface area contributed by atoms with Crippen molar-refractivity contribution in [1.82, 2.24) is 30.1 Å². The summed E-state index contributed by atoms with van der Waals surface area (Å²) in [5, 5.41) is 15.3. The molecule has 0 saturated carbocycles. The molecule has 0 fully saturated rings. The summed E-state index contributed by atoms with van der Waals surface area (Å²) in [7, 11) is 0. The third-order valence-corrected chi connectivity index (χ3v) is 3.61. The van der Waals surface area contributed by atoms with Crippen LogP contribution in [0, 0.1) is 18.6 Å². The molecule has 0 atom stereocenters. The first-order chi connectivity index (χ1) is 11.6. The van der Waals surface area contributed by atoms with Crippen LogP contribution in [0.25, 0.3) is 22.6 Å². The summed E-state index contributed by atoms with van der Waals surface area (Å²) in [4.78, 5) is 4.36. The van der Waals surface area contributed by atoms with Crippen LogP contribution in [-0.4, -0.2) is 30.1 Å². The summed E-state index contributed by atoms with van der Waals surface area (Å²) in [6, 6.07) is 5.89. The van der Waals surface area contributed by atoms with Crippen molar-refractivity contribution in [2.45, 2.75) is 13.5 Å². The van der Waals surface area contributed by atoms with Crippen molar-refractivity contribution in [1.29, 1.82) is 0 Å². The molecule has 3 aromatic heterocycles. The Balaban J connectivity index is 2.00. The van der Waals surface area contributed by atoms with Crippen LogP contribution in [0.4, 0.5) is 8.78 Å². The molecule has 0 radical (unpaired) electrons. The van der Waals surface area contributed by atoms with Gasteiger partial charge >= 0.3 is 0 Å². The van der Waals surface area contributed by atoms with E-state index in [1.807, 2.05) is 0 Å². The van der Waals surface area contributed by atoms with E-state index < -0.39 is 11.6 Å². The quantitative estimate of drug-likeness (QED) is 0.575. The molecule has 4 rings (SSSR count). The second-order valence-electron chi connectivity index (χ2n) is 5.16. The fourth-order valence-electron chi connectivity index (χ4n) is 2.51. The Labute approximate surface area is 133 Å². The van der Waals surface area contributed by atoms with Gasteiger partial charge in [0.25, 0.3) is 0 Å². The lowest BCUT2D eigenvalue weighted by molar-refractivity contribution is 0.305. The zero-order chi connectivity index (χ0) is 16.7. The molecule has 0 spiro atoms. The second kappa shape index (κ2) is 5.44. The highest BCUT2D eigenvalue weighted by Crippen LogP contribution is 2.28. The van der Waals surface area contributed by atoms with Gasteiger partial charge in [-0.2, -0.15) is 10.2 Å². The highest BCUT2D eigenvalue weighted by Gasteiger charge is 2.22. The molecule has 4 aromatic rings. The van der Waals surface area contributed by atoms with Gasteiger partial charge in [0.2, 0.25) is 0 Å². The Morgan fingerprint density at radius 2 is 2.04 bits per heavy atom. The van der Waals surface area contributed by atoms with E-state index in [0.29, 0.717) is 28.4 Å². The van der Waals surface area contributed by atoms with E-state index in [1.54, 1.807) is 19.1 Å². The predicted octanol–water partition coefficient (Wildman–Crippen LogP) is 2.51. The van der Waals surface area contributed by atoms with Gasteiger partial charge in [0.05, 0.1) is 17.8 Å². The zero-order valence-corrected chi connectivity index (χ0v) is 12.4. The van der Waals surface area contributed by atoms with Crippen molar-refractivity contribution in [2.75, 3.05) is 0 Å². The molecule has 0 unspecified atom stereocenters. The molecule has 0 bridgehead atoms. The highest BCUT2D eigenvalue weighted by molar-refractivity contribution is 5.81. The number of aromatic nitrogens is 6. The molecule has 24 heavy (non-hydrogen) atoms. The lowest BCUT2D eigenvalue weighted by Crippen LogP contribution is -2.06. The van der Waals surface area contributed by atoms with E-state index in [0.717, 1.165) is 6.07 Å². The van der Waals surface area contributed by atoms with Crippen molar-refractivity contribution in [3.05, 3.63) is 53.5 Å². The number of fused-ring (bicyclic) bond motifs is 1. The van der Waals surface area contributed by atoms with Crippen molar-refractivity contribution in [3.8, 4) is 11.5 Å². The molecule has 1 aromatic carbocycles. The molecule has 120 valence electrons. The van der Waals surface area contributed by atoms with Crippen molar-refractivity contribution in [3.63, 3.8) is 0 Å². The third-order valence-electron chi connectivity index (χ3n) is 3.61. The Bertz CT molecular complexity index is 1030. The minimum absolute atomic E-state index is 0.0260. The number of aryl methyl sites for hydroxylation is 1. The summed E-state index contributed by atoms with van der Waals surface area (Å²) in [5.41, 5.74) is 1.74. The Morgan fingerprint density at radius 1 is 1.17 bits per heavy atom. The summed E-state index contributed by atoms with van der Waals surface area (Å²) >= 11 is 0. The third kappa shape index (κ3) is 2.21. The lowest BCUT2D eigenvalue weighted by Gasteiger charge is -2.07. The number of hydrogen-bond acceptors (Lipinski definition) is 6. The van der Waals surface area contributed by atoms with Crippen LogP contribution in [0.1, 0.15) is 11.4 Å². The SMILES string of the molecule is Cc1nonc1-c1nc2ccc(F)c(F)c2n1Cc1cccnn1. The van der Waals surface area contributed by atoms with E-state index in [4.69, 9.17) is 4.63 Å². The topological polar surface area (TPSA) is 82.5 Å². The fraction of sp³-hybridized carbons (Fsp3) is 0.133. The lowest BCUT2D eigenvalue weighted by atomic mass is 10.2. The van der Waals surface area contributed by atoms with E-state index in [-0.39, 0.29) is 12.1 Å². The Kier molecular flexibility index (Phi) is 3.26. The molecule has 0 saturated heterocycles. The first-order valence-corrected chi connectivity index (χ1v) is 7.05. The van der Waals surface area contributed by atoms with Gasteiger partial charge in [0.1, 0.15) is 11.2 Å². The molecule has 0 aliphatic rings. The zero-order valence-electron chi connectivity index (χ0n) is 12.4. The average molecular weight is 328 g/mol. The van der Waals surface area contributed by atoms with Crippen LogP contribution in [0.5, 0.6) is 0 Å². The minimum Gasteiger partial charge on any atom is -0.314 e. The number of imidazole rings is 1. The van der Waals surface area contributed by atoms with Crippen LogP contribution in [0.3, 0.4) is 0 Å². The van der Waals surface area contributed by atoms with Gasteiger partial charge in [-0.15, -0.1) is 0 Å². The largest absolute Gasteiger partial charge is 0.314 e. The molecule has 9 heteroatoms. The van der Waals surface area contributed by atoms with Crippen LogP contribution in [0.15, 0.2) is 35.1 Å². The number of nitrogens with zero attached hydrogens (tertiary/aromatic N) is 6. The monoisotopic (exact) mass is 328 g/mol. The van der Waals surface area contributed by atoms with E-state index >= 15 is 0 Å². The Hall–Kier alpha value is -3.23. The predicted molar refractivity (Wildman–Crippen MR) is 78.8 cm³/mol. The molecular weight excluding hydrogens is 318 g/mol. The van der Waals surface area contributed by atoms with Crippen LogP contribution >= 0.6 is 0 Å². The van der Waals surface area contributed by atoms with Crippen LogP contribution < -0.4 is 0 Å². The van der Waals surface area contributed by atoms with E-state index in [9.17, 15) is 8.78 Å². The number of halogens is 2. The van der Waals surface area contributed by atoms with Gasteiger partial charge in [0, 0.05) is 6.20 Å². The van der Waals surface area contributed by atoms with Crippen molar-refractivity contribution >= 4 is 11.0 Å². The van der Waals surface area contributed by atoms with Crippen LogP contribution in [-0.2, 0) is 6.54 Å². The van der Waals surface area contributed by atoms with Gasteiger partial charge in [-0.3, -0.25) is 0 Å². The summed E-state index contributed by atoms with van der Waals surface area (Å²) in [6.07, 6.45) is 1.53. The van der Waals surface area contributed by atoms with Gasteiger partial charge in [-0.25, -0.2) is 18.4 Å². The fourth-order valence-corrected chi connectivity index (χ4v) is 2.51. The highest BCUT2D eigenvalue weighted by atomic mass is 19.2. The molecule has 7 nitrogen and oxygen atoms in total. The van der Waals surface area contributed by atoms with Crippen molar-refractivity contribution < 1.29 is 13.4 Å². The first kappa shape index (κ1) is 14.4. The van der Waals surface area contributed by atoms with Crippen LogP contribution in [0.2, 0.25) is 0 Å². The molecule has 0 aliphatic heterocycles. The summed E-state index contributed by atoms with van der Waals surface area (Å²) in [5.74, 6) is -1.62. The number of rotatable bonds is 3. The normalized spacial score (nSPS) is 11.3. The maximum absolute atomic E-state index is 14.4. The minimum atomic E-state index is -0.982. The molecule has 0 N–H and O–H groups in total. The van der Waals surface area contributed by atoms with Gasteiger partial charge in [-0.05, 0) is 36.3 Å². The van der Waals surface area contributed by atoms with Gasteiger partial charge in [-0.1, -0.05) is 5.16 Å². The van der Waals surface area contributed by atoms with Gasteiger partial charge < -0.3 is 4.57 Å². The van der Waals surface area contributed by atoms with Crippen molar-refractivity contribution in [2.24, 2.45) is 0 Å². The molecule has 0 aliphatic carbocycles. The van der Waals surface area contributed by atoms with Gasteiger partial charge in [0.15, 0.2) is 23.2 Å². The maximum Gasteiger partial charge on any atom is 0.184 e. The first-order valence-electron chi connectivity index (χ1n) is 7.05. The average Bonchev–Trinajstić information content (AvgIpc) is 3.16. The molecule has 3 heterocycles. The number of hydrogen-bond donors (Lipinski definition) is 0. The summed E-state index contributed by atoms with van der Waals surface area (Å²) < 4.78 is 34.3. The molecular formula is C15H10F2N6O. The maximum atomic E-state index is 14.4. The van der Waals surface area contributed by atoms with E-state index in [1.165, 1.54) is 16.8 Å². The second-order valence-corrected chi connectivity index (χ2v) is 5.16. The smallest absolute Gasteiger partial charge is 0.184 e. The van der Waals surface area contributed by atoms with E-state index in [2.05, 4.69) is 25.5 Å². The standard InChI is InChI=1S/C15H10F2N6O/c1-8-13(22-24-21-8)15-19-11-5-4-10(16)12(17)14(11)23(15)7-9-3-2-6-18-20-9/h2-6H,7H2,1H3. The molecule has 0 amide bonds. The summed E-state index contributed by atoms with van der Waals surface area (Å²) in [6.45, 7) is 1.83.